The van der Waals surface area contributed by atoms with Gasteiger partial charge in [0.2, 0.25) is 0 Å². The molecule has 0 aliphatic heterocycles. The molecule has 0 amide bonds. The van der Waals surface area contributed by atoms with Crippen LogP contribution < -0.4 is 0 Å². The summed E-state index contributed by atoms with van der Waals surface area (Å²) in [5.74, 6) is 0.777. The average molecular weight is 280 g/mol. The Balaban J connectivity index is 3.56. The summed E-state index contributed by atoms with van der Waals surface area (Å²) in [6.07, 6.45) is 2.92. The van der Waals surface area contributed by atoms with Crippen molar-refractivity contribution < 1.29 is 4.74 Å². The van der Waals surface area contributed by atoms with Crippen molar-refractivity contribution in [2.24, 2.45) is 5.92 Å². The number of hydrogen-bond donors (Lipinski definition) is 0. The van der Waals surface area contributed by atoms with Crippen LogP contribution >= 0.6 is 15.9 Å². The number of halogens is 1. The van der Waals surface area contributed by atoms with Gasteiger partial charge >= 0.3 is 0 Å². The highest BCUT2D eigenvalue weighted by molar-refractivity contribution is 9.09. The van der Waals surface area contributed by atoms with E-state index in [1.54, 1.807) is 0 Å². The highest BCUT2D eigenvalue weighted by Gasteiger charge is 2.09. The Morgan fingerprint density at radius 2 is 2.00 bits per heavy atom. The van der Waals surface area contributed by atoms with E-state index in [1.165, 1.54) is 19.4 Å². The molecule has 0 saturated heterocycles. The molecule has 15 heavy (non-hydrogen) atoms. The van der Waals surface area contributed by atoms with Crippen LogP contribution in [0.4, 0.5) is 0 Å². The summed E-state index contributed by atoms with van der Waals surface area (Å²) in [6.45, 7) is 9.45. The Kier molecular flexibility index (Phi) is 9.87. The summed E-state index contributed by atoms with van der Waals surface area (Å²) in [6, 6.07) is 0. The third-order valence-corrected chi connectivity index (χ3v) is 3.32. The molecular formula is C12H26BrNO. The largest absolute Gasteiger partial charge is 0.377 e. The molecule has 2 nitrogen and oxygen atoms in total. The molecule has 1 atom stereocenters. The first-order valence-electron chi connectivity index (χ1n) is 5.96. The molecule has 1 unspecified atom stereocenters. The van der Waals surface area contributed by atoms with Crippen LogP contribution in [0.15, 0.2) is 0 Å². The van der Waals surface area contributed by atoms with Crippen LogP contribution in [0.2, 0.25) is 0 Å². The van der Waals surface area contributed by atoms with Crippen molar-refractivity contribution in [3.05, 3.63) is 0 Å². The van der Waals surface area contributed by atoms with Crippen molar-refractivity contribution in [3.63, 3.8) is 0 Å². The number of nitrogens with zero attached hydrogens (tertiary/aromatic N) is 1. The first kappa shape index (κ1) is 15.4. The van der Waals surface area contributed by atoms with Gasteiger partial charge in [-0.1, -0.05) is 29.3 Å². The first-order valence-corrected chi connectivity index (χ1v) is 7.08. The monoisotopic (exact) mass is 279 g/mol. The van der Waals surface area contributed by atoms with E-state index in [-0.39, 0.29) is 0 Å². The van der Waals surface area contributed by atoms with Gasteiger partial charge in [-0.05, 0) is 33.2 Å². The van der Waals surface area contributed by atoms with Crippen molar-refractivity contribution >= 4 is 15.9 Å². The number of likely N-dealkylation sites (N-methyl/N-ethyl adjacent to an activating group) is 1. The van der Waals surface area contributed by atoms with Gasteiger partial charge in [-0.15, -0.1) is 0 Å². The Morgan fingerprint density at radius 3 is 2.47 bits per heavy atom. The quantitative estimate of drug-likeness (QED) is 0.602. The number of alkyl halides is 1. The maximum atomic E-state index is 5.53. The normalized spacial score (nSPS) is 13.8. The smallest absolute Gasteiger partial charge is 0.0596 e. The molecule has 0 aromatic heterocycles. The van der Waals surface area contributed by atoms with E-state index in [2.05, 4.69) is 48.6 Å². The van der Waals surface area contributed by atoms with E-state index >= 15 is 0 Å². The minimum atomic E-state index is 0.348. The Bertz CT molecular complexity index is 142. The summed E-state index contributed by atoms with van der Waals surface area (Å²) in [5.41, 5.74) is 0. The van der Waals surface area contributed by atoms with Gasteiger partial charge in [0.1, 0.15) is 0 Å². The second-order valence-electron chi connectivity index (χ2n) is 4.49. The zero-order valence-corrected chi connectivity index (χ0v) is 12.2. The molecule has 0 rings (SSSR count). The molecule has 3 heteroatoms. The summed E-state index contributed by atoms with van der Waals surface area (Å²) >= 11 is 3.58. The predicted octanol–water partition coefficient (Wildman–Crippen LogP) is 3.15. The molecule has 0 saturated carbocycles. The lowest BCUT2D eigenvalue weighted by Crippen LogP contribution is -2.30. The second-order valence-corrected chi connectivity index (χ2v) is 5.14. The van der Waals surface area contributed by atoms with Crippen LogP contribution in [0.3, 0.4) is 0 Å². The van der Waals surface area contributed by atoms with Crippen molar-refractivity contribution in [1.29, 1.82) is 0 Å². The standard InChI is InChI=1S/C12H26BrNO/c1-5-6-12(9-13)10-14(4)7-8-15-11(2)3/h11-12H,5-10H2,1-4H3. The molecule has 0 heterocycles. The summed E-state index contributed by atoms with van der Waals surface area (Å²) in [7, 11) is 2.18. The molecule has 0 aromatic rings. The number of hydrogen-bond acceptors (Lipinski definition) is 2. The zero-order chi connectivity index (χ0) is 11.7. The molecule has 0 bridgehead atoms. The second kappa shape index (κ2) is 9.61. The van der Waals surface area contributed by atoms with Crippen molar-refractivity contribution in [2.75, 3.05) is 32.1 Å². The molecule has 0 N–H and O–H groups in total. The summed E-state index contributed by atoms with van der Waals surface area (Å²) < 4.78 is 5.53. The van der Waals surface area contributed by atoms with Crippen LogP contribution in [0.5, 0.6) is 0 Å². The number of ether oxygens (including phenoxy) is 1. The Morgan fingerprint density at radius 1 is 1.33 bits per heavy atom. The van der Waals surface area contributed by atoms with Gasteiger partial charge in [0, 0.05) is 18.4 Å². The lowest BCUT2D eigenvalue weighted by Gasteiger charge is -2.22. The summed E-state index contributed by atoms with van der Waals surface area (Å²) in [4.78, 5) is 2.37. The van der Waals surface area contributed by atoms with Gasteiger partial charge in [-0.3, -0.25) is 0 Å². The van der Waals surface area contributed by atoms with E-state index in [1.807, 2.05) is 0 Å². The minimum Gasteiger partial charge on any atom is -0.377 e. The van der Waals surface area contributed by atoms with Crippen LogP contribution in [-0.2, 0) is 4.74 Å². The van der Waals surface area contributed by atoms with Crippen LogP contribution in [0.1, 0.15) is 33.6 Å². The van der Waals surface area contributed by atoms with Gasteiger partial charge in [0.05, 0.1) is 12.7 Å². The molecule has 0 radical (unpaired) electrons. The van der Waals surface area contributed by atoms with Gasteiger partial charge in [0.25, 0.3) is 0 Å². The van der Waals surface area contributed by atoms with E-state index in [4.69, 9.17) is 4.74 Å². The first-order chi connectivity index (χ1) is 7.10. The van der Waals surface area contributed by atoms with Crippen LogP contribution in [0.25, 0.3) is 0 Å². The fraction of sp³-hybridized carbons (Fsp3) is 1.00. The molecule has 0 aromatic carbocycles. The molecular weight excluding hydrogens is 254 g/mol. The fourth-order valence-electron chi connectivity index (χ4n) is 1.60. The van der Waals surface area contributed by atoms with Crippen LogP contribution in [0, 0.1) is 5.92 Å². The number of rotatable bonds is 9. The summed E-state index contributed by atoms with van der Waals surface area (Å²) in [5, 5.41) is 1.11. The van der Waals surface area contributed by atoms with Gasteiger partial charge in [0.15, 0.2) is 0 Å². The SMILES string of the molecule is CCCC(CBr)CN(C)CCOC(C)C. The van der Waals surface area contributed by atoms with Crippen molar-refractivity contribution in [3.8, 4) is 0 Å². The van der Waals surface area contributed by atoms with Gasteiger partial charge in [-0.25, -0.2) is 0 Å². The predicted molar refractivity (Wildman–Crippen MR) is 70.8 cm³/mol. The lowest BCUT2D eigenvalue weighted by atomic mass is 10.1. The topological polar surface area (TPSA) is 12.5 Å². The minimum absolute atomic E-state index is 0.348. The lowest BCUT2D eigenvalue weighted by molar-refractivity contribution is 0.0616. The van der Waals surface area contributed by atoms with Crippen LogP contribution in [-0.4, -0.2) is 43.1 Å². The Hall–Kier alpha value is 0.400. The molecule has 0 spiro atoms. The van der Waals surface area contributed by atoms with Crippen molar-refractivity contribution in [1.82, 2.24) is 4.90 Å². The fourth-order valence-corrected chi connectivity index (χ4v) is 2.13. The van der Waals surface area contributed by atoms with Gasteiger partial charge in [-0.2, -0.15) is 0 Å². The van der Waals surface area contributed by atoms with E-state index < -0.39 is 0 Å². The van der Waals surface area contributed by atoms with Crippen molar-refractivity contribution in [2.45, 2.75) is 39.7 Å². The highest BCUT2D eigenvalue weighted by atomic mass is 79.9. The zero-order valence-electron chi connectivity index (χ0n) is 10.6. The molecule has 0 fully saturated rings. The van der Waals surface area contributed by atoms with E-state index in [0.29, 0.717) is 6.10 Å². The van der Waals surface area contributed by atoms with Gasteiger partial charge < -0.3 is 9.64 Å². The highest BCUT2D eigenvalue weighted by Crippen LogP contribution is 2.10. The maximum Gasteiger partial charge on any atom is 0.0596 e. The third kappa shape index (κ3) is 9.34. The maximum absolute atomic E-state index is 5.53. The van der Waals surface area contributed by atoms with E-state index in [9.17, 15) is 0 Å². The average Bonchev–Trinajstić information content (AvgIpc) is 2.16. The molecule has 0 aliphatic carbocycles. The molecule has 0 aliphatic rings. The third-order valence-electron chi connectivity index (χ3n) is 2.41. The van der Waals surface area contributed by atoms with E-state index in [0.717, 1.165) is 24.4 Å². The molecule has 92 valence electrons. The Labute approximate surface area is 103 Å².